The van der Waals surface area contributed by atoms with E-state index in [1.165, 1.54) is 16.4 Å². The van der Waals surface area contributed by atoms with E-state index in [1.807, 2.05) is 19.9 Å². The molecular weight excluding hydrogens is 304 g/mol. The molecule has 0 aliphatic rings. The molecule has 2 aromatic rings. The summed E-state index contributed by atoms with van der Waals surface area (Å²) >= 11 is 1.19. The zero-order valence-electron chi connectivity index (χ0n) is 12.9. The Labute approximate surface area is 133 Å². The third-order valence-electron chi connectivity index (χ3n) is 3.02. The zero-order valence-corrected chi connectivity index (χ0v) is 13.8. The van der Waals surface area contributed by atoms with Gasteiger partial charge in [-0.25, -0.2) is 9.36 Å². The largest absolute Gasteiger partial charge is 0.465 e. The van der Waals surface area contributed by atoms with Gasteiger partial charge in [-0.15, -0.1) is 10.2 Å². The number of rotatable bonds is 7. The second-order valence-corrected chi connectivity index (χ2v) is 5.43. The molecule has 0 atom stereocenters. The maximum atomic E-state index is 11.4. The molecule has 0 unspecified atom stereocenters. The minimum absolute atomic E-state index is 0.142. The number of thioether (sulfide) groups is 1. The van der Waals surface area contributed by atoms with Crippen LogP contribution in [0.2, 0.25) is 0 Å². The predicted molar refractivity (Wildman–Crippen MR) is 83.4 cm³/mol. The molecule has 0 aromatic carbocycles. The highest BCUT2D eigenvalue weighted by molar-refractivity contribution is 7.99. The molecule has 0 aliphatic carbocycles. The van der Waals surface area contributed by atoms with Crippen LogP contribution in [0.15, 0.2) is 11.2 Å². The summed E-state index contributed by atoms with van der Waals surface area (Å²) in [6.07, 6.45) is 1.65. The third-order valence-corrected chi connectivity index (χ3v) is 3.94. The molecule has 0 saturated heterocycles. The lowest BCUT2D eigenvalue weighted by Crippen LogP contribution is -2.18. The first-order chi connectivity index (χ1) is 10.6. The Balaban J connectivity index is 2.20. The number of aromatic nitrogens is 5. The first kappa shape index (κ1) is 16.3. The summed E-state index contributed by atoms with van der Waals surface area (Å²) in [7, 11) is 0. The molecule has 2 heterocycles. The van der Waals surface area contributed by atoms with Crippen molar-refractivity contribution >= 4 is 17.7 Å². The molecule has 0 aliphatic heterocycles. The monoisotopic (exact) mass is 324 g/mol. The first-order valence-electron chi connectivity index (χ1n) is 7.17. The van der Waals surface area contributed by atoms with E-state index in [-0.39, 0.29) is 11.7 Å². The van der Waals surface area contributed by atoms with Gasteiger partial charge in [0.15, 0.2) is 0 Å². The molecule has 22 heavy (non-hydrogen) atoms. The summed E-state index contributed by atoms with van der Waals surface area (Å²) in [5.74, 6) is 6.30. The predicted octanol–water partition coefficient (Wildman–Crippen LogP) is 0.958. The number of esters is 1. The van der Waals surface area contributed by atoms with Crippen LogP contribution in [0.5, 0.6) is 0 Å². The Morgan fingerprint density at radius 3 is 2.73 bits per heavy atom. The smallest absolute Gasteiger partial charge is 0.316 e. The second kappa shape index (κ2) is 7.30. The van der Waals surface area contributed by atoms with Crippen LogP contribution in [0.3, 0.4) is 0 Å². The molecule has 9 heteroatoms. The highest BCUT2D eigenvalue weighted by Gasteiger charge is 2.17. The van der Waals surface area contributed by atoms with Crippen molar-refractivity contribution in [3.05, 3.63) is 17.5 Å². The van der Waals surface area contributed by atoms with Gasteiger partial charge in [-0.1, -0.05) is 25.6 Å². The molecule has 0 spiro atoms. The van der Waals surface area contributed by atoms with Gasteiger partial charge in [0.25, 0.3) is 5.95 Å². The van der Waals surface area contributed by atoms with E-state index >= 15 is 0 Å². The van der Waals surface area contributed by atoms with E-state index in [0.29, 0.717) is 17.7 Å². The molecule has 0 saturated carbocycles. The molecule has 2 rings (SSSR count). The van der Waals surface area contributed by atoms with Gasteiger partial charge in [0, 0.05) is 5.69 Å². The van der Waals surface area contributed by atoms with Gasteiger partial charge < -0.3 is 10.6 Å². The van der Waals surface area contributed by atoms with Crippen LogP contribution in [0.25, 0.3) is 5.95 Å². The minimum Gasteiger partial charge on any atom is -0.465 e. The topological polar surface area (TPSA) is 101 Å². The lowest BCUT2D eigenvalue weighted by molar-refractivity contribution is -0.139. The SMILES string of the molecule is CCOC(=O)CSc1nnc(-n2nc(CC)cc2CC)n1N. The summed E-state index contributed by atoms with van der Waals surface area (Å²) in [5.41, 5.74) is 1.98. The molecule has 0 bridgehead atoms. The van der Waals surface area contributed by atoms with Gasteiger partial charge >= 0.3 is 5.97 Å². The van der Waals surface area contributed by atoms with Gasteiger partial charge in [0.05, 0.1) is 18.1 Å². The fourth-order valence-electron chi connectivity index (χ4n) is 1.91. The standard InChI is InChI=1S/C13H20N6O2S/c1-4-9-7-10(5-2)19(17-9)12-15-16-13(18(12)14)22-8-11(20)21-6-3/h7H,4-6,8,14H2,1-3H3. The molecule has 0 radical (unpaired) electrons. The van der Waals surface area contributed by atoms with Crippen molar-refractivity contribution in [3.8, 4) is 5.95 Å². The Kier molecular flexibility index (Phi) is 5.42. The quantitative estimate of drug-likeness (QED) is 0.460. The van der Waals surface area contributed by atoms with Gasteiger partial charge in [-0.2, -0.15) is 5.10 Å². The molecule has 0 fully saturated rings. The Hall–Kier alpha value is -2.03. The Bertz CT molecular complexity index is 651. The minimum atomic E-state index is -0.307. The fourth-order valence-corrected chi connectivity index (χ4v) is 2.56. The van der Waals surface area contributed by atoms with Gasteiger partial charge in [0.2, 0.25) is 5.16 Å². The van der Waals surface area contributed by atoms with Crippen molar-refractivity contribution in [2.45, 2.75) is 38.8 Å². The van der Waals surface area contributed by atoms with Crippen LogP contribution in [-0.4, -0.2) is 43.0 Å². The average Bonchev–Trinajstić information content (AvgIpc) is 3.08. The maximum Gasteiger partial charge on any atom is 0.316 e. The van der Waals surface area contributed by atoms with Crippen LogP contribution in [0, 0.1) is 0 Å². The fraction of sp³-hybridized carbons (Fsp3) is 0.538. The number of carbonyl (C=O) groups excluding carboxylic acids is 1. The van der Waals surface area contributed by atoms with Crippen molar-refractivity contribution in [1.29, 1.82) is 0 Å². The van der Waals surface area contributed by atoms with E-state index in [2.05, 4.69) is 15.3 Å². The highest BCUT2D eigenvalue weighted by Crippen LogP contribution is 2.18. The normalized spacial score (nSPS) is 10.9. The lowest BCUT2D eigenvalue weighted by atomic mass is 10.3. The number of aryl methyl sites for hydroxylation is 2. The van der Waals surface area contributed by atoms with Gasteiger partial charge in [-0.3, -0.25) is 4.79 Å². The molecule has 0 amide bonds. The van der Waals surface area contributed by atoms with Crippen LogP contribution in [0.1, 0.15) is 32.2 Å². The lowest BCUT2D eigenvalue weighted by Gasteiger charge is -2.05. The number of nitrogen functional groups attached to an aromatic ring is 1. The summed E-state index contributed by atoms with van der Waals surface area (Å²) in [4.78, 5) is 11.4. The number of hydrogen-bond acceptors (Lipinski definition) is 7. The van der Waals surface area contributed by atoms with Crippen LogP contribution in [-0.2, 0) is 22.4 Å². The molecule has 8 nitrogen and oxygen atoms in total. The van der Waals surface area contributed by atoms with Crippen molar-refractivity contribution in [3.63, 3.8) is 0 Å². The van der Waals surface area contributed by atoms with E-state index in [9.17, 15) is 4.79 Å². The van der Waals surface area contributed by atoms with Crippen molar-refractivity contribution in [2.75, 3.05) is 18.2 Å². The van der Waals surface area contributed by atoms with Crippen LogP contribution < -0.4 is 5.84 Å². The first-order valence-corrected chi connectivity index (χ1v) is 8.16. The highest BCUT2D eigenvalue weighted by atomic mass is 32.2. The van der Waals surface area contributed by atoms with E-state index < -0.39 is 0 Å². The third kappa shape index (κ3) is 3.41. The number of nitrogens with zero attached hydrogens (tertiary/aromatic N) is 5. The van der Waals surface area contributed by atoms with E-state index in [1.54, 1.807) is 11.6 Å². The van der Waals surface area contributed by atoms with Gasteiger partial charge in [-0.05, 0) is 25.8 Å². The van der Waals surface area contributed by atoms with E-state index in [0.717, 1.165) is 24.2 Å². The van der Waals surface area contributed by atoms with E-state index in [4.69, 9.17) is 10.6 Å². The summed E-state index contributed by atoms with van der Waals surface area (Å²) < 4.78 is 7.91. The van der Waals surface area contributed by atoms with Crippen LogP contribution >= 0.6 is 11.8 Å². The van der Waals surface area contributed by atoms with Crippen molar-refractivity contribution in [2.24, 2.45) is 0 Å². The molecule has 2 aromatic heterocycles. The number of carbonyl (C=O) groups is 1. The molecular formula is C13H20N6O2S. The number of hydrogen-bond donors (Lipinski definition) is 1. The summed E-state index contributed by atoms with van der Waals surface area (Å²) in [6.45, 7) is 6.20. The maximum absolute atomic E-state index is 11.4. The second-order valence-electron chi connectivity index (χ2n) is 4.49. The van der Waals surface area contributed by atoms with Crippen molar-refractivity contribution < 1.29 is 9.53 Å². The zero-order chi connectivity index (χ0) is 16.1. The number of nitrogens with two attached hydrogens (primary N) is 1. The van der Waals surface area contributed by atoms with Crippen LogP contribution in [0.4, 0.5) is 0 Å². The average molecular weight is 324 g/mol. The van der Waals surface area contributed by atoms with Gasteiger partial charge in [0.1, 0.15) is 0 Å². The Morgan fingerprint density at radius 2 is 2.09 bits per heavy atom. The molecule has 120 valence electrons. The summed E-state index contributed by atoms with van der Waals surface area (Å²) in [6, 6.07) is 2.03. The Morgan fingerprint density at radius 1 is 1.32 bits per heavy atom. The number of ether oxygens (including phenoxy) is 1. The summed E-state index contributed by atoms with van der Waals surface area (Å²) in [5, 5.41) is 13.0. The van der Waals surface area contributed by atoms with Crippen molar-refractivity contribution in [1.82, 2.24) is 24.7 Å². The molecule has 2 N–H and O–H groups in total.